The van der Waals surface area contributed by atoms with Crippen molar-refractivity contribution in [2.45, 2.75) is 53.6 Å². The van der Waals surface area contributed by atoms with Crippen LogP contribution < -0.4 is 0 Å². The van der Waals surface area contributed by atoms with E-state index in [2.05, 4.69) is 0 Å². The summed E-state index contributed by atoms with van der Waals surface area (Å²) in [6.45, 7) is 10.9. The average Bonchev–Trinajstić information content (AvgIpc) is 2.00. The van der Waals surface area contributed by atoms with Crippen LogP contribution in [0.3, 0.4) is 0 Å². The van der Waals surface area contributed by atoms with E-state index in [1.807, 2.05) is 20.8 Å². The van der Waals surface area contributed by atoms with Crippen LogP contribution in [0.2, 0.25) is 0 Å². The number of ether oxygens (including phenoxy) is 1. The van der Waals surface area contributed by atoms with Crippen LogP contribution in [0.25, 0.3) is 0 Å². The van der Waals surface area contributed by atoms with Crippen molar-refractivity contribution in [3.8, 4) is 0 Å². The third kappa shape index (κ3) is 5.55. The second kappa shape index (κ2) is 4.77. The van der Waals surface area contributed by atoms with E-state index in [1.54, 1.807) is 20.8 Å². The number of carbonyl (C=O) groups excluding carboxylic acids is 2. The molecular formula is C12H22O3. The summed E-state index contributed by atoms with van der Waals surface area (Å²) in [5.41, 5.74) is -1.08. The predicted octanol–water partition coefficient (Wildman–Crippen LogP) is 2.58. The van der Waals surface area contributed by atoms with E-state index in [9.17, 15) is 9.59 Å². The summed E-state index contributed by atoms with van der Waals surface area (Å²) >= 11 is 0. The summed E-state index contributed by atoms with van der Waals surface area (Å²) in [6.07, 6.45) is 1.39. The highest BCUT2D eigenvalue weighted by Gasteiger charge is 2.33. The molecule has 0 radical (unpaired) electrons. The Balaban J connectivity index is 4.45. The highest BCUT2D eigenvalue weighted by Crippen LogP contribution is 2.28. The molecule has 0 aromatic heterocycles. The Labute approximate surface area is 92.2 Å². The highest BCUT2D eigenvalue weighted by molar-refractivity contribution is 5.76. The van der Waals surface area contributed by atoms with Gasteiger partial charge in [-0.15, -0.1) is 0 Å². The van der Waals surface area contributed by atoms with Gasteiger partial charge in [0.15, 0.2) is 0 Å². The molecule has 88 valence electrons. The smallest absolute Gasteiger partial charge is 0.312 e. The Hall–Kier alpha value is -0.860. The first kappa shape index (κ1) is 14.1. The summed E-state index contributed by atoms with van der Waals surface area (Å²) in [7, 11) is 0. The number of carbonyl (C=O) groups is 2. The van der Waals surface area contributed by atoms with Crippen molar-refractivity contribution in [3.05, 3.63) is 0 Å². The van der Waals surface area contributed by atoms with Crippen molar-refractivity contribution < 1.29 is 14.3 Å². The predicted molar refractivity (Wildman–Crippen MR) is 59.5 cm³/mol. The van der Waals surface area contributed by atoms with Crippen LogP contribution in [0.5, 0.6) is 0 Å². The van der Waals surface area contributed by atoms with Gasteiger partial charge in [0.05, 0.1) is 5.41 Å². The van der Waals surface area contributed by atoms with Gasteiger partial charge in [-0.2, -0.15) is 0 Å². The Morgan fingerprint density at radius 3 is 2.07 bits per heavy atom. The fourth-order valence-electron chi connectivity index (χ4n) is 1.35. The lowest BCUT2D eigenvalue weighted by Gasteiger charge is -2.29. The minimum absolute atomic E-state index is 0.118. The zero-order chi connectivity index (χ0) is 12.3. The molecule has 15 heavy (non-hydrogen) atoms. The quantitative estimate of drug-likeness (QED) is 0.533. The number of hydrogen-bond donors (Lipinski definition) is 0. The Morgan fingerprint density at radius 1 is 1.27 bits per heavy atom. The standard InChI is InChI=1S/C12H22O3/c1-9(8-13)7-12(5,6)10(14)15-11(2,3)4/h8-9H,7H2,1-6H3. The van der Waals surface area contributed by atoms with E-state index in [4.69, 9.17) is 4.74 Å². The minimum Gasteiger partial charge on any atom is -0.460 e. The van der Waals surface area contributed by atoms with Crippen LogP contribution in [0.4, 0.5) is 0 Å². The van der Waals surface area contributed by atoms with Gasteiger partial charge in [-0.05, 0) is 41.0 Å². The second-order valence-electron chi connectivity index (χ2n) is 5.70. The molecule has 0 aliphatic carbocycles. The molecule has 3 heteroatoms. The highest BCUT2D eigenvalue weighted by atomic mass is 16.6. The van der Waals surface area contributed by atoms with Gasteiger partial charge in [-0.1, -0.05) is 6.92 Å². The summed E-state index contributed by atoms with van der Waals surface area (Å²) in [4.78, 5) is 22.3. The van der Waals surface area contributed by atoms with Crippen molar-refractivity contribution in [3.63, 3.8) is 0 Å². The molecule has 0 spiro atoms. The largest absolute Gasteiger partial charge is 0.460 e. The lowest BCUT2D eigenvalue weighted by molar-refractivity contribution is -0.166. The van der Waals surface area contributed by atoms with E-state index in [0.29, 0.717) is 6.42 Å². The first-order chi connectivity index (χ1) is 6.58. The zero-order valence-corrected chi connectivity index (χ0v) is 10.6. The lowest BCUT2D eigenvalue weighted by atomic mass is 9.84. The van der Waals surface area contributed by atoms with Crippen molar-refractivity contribution in [1.29, 1.82) is 0 Å². The van der Waals surface area contributed by atoms with Crippen LogP contribution in [-0.4, -0.2) is 17.9 Å². The van der Waals surface area contributed by atoms with Gasteiger partial charge < -0.3 is 9.53 Å². The fourth-order valence-corrected chi connectivity index (χ4v) is 1.35. The molecular weight excluding hydrogens is 192 g/mol. The maximum absolute atomic E-state index is 11.8. The van der Waals surface area contributed by atoms with Gasteiger partial charge in [0.25, 0.3) is 0 Å². The molecule has 0 aromatic carbocycles. The summed E-state index contributed by atoms with van der Waals surface area (Å²) in [5, 5.41) is 0. The number of rotatable bonds is 4. The van der Waals surface area contributed by atoms with Gasteiger partial charge in [-0.25, -0.2) is 0 Å². The second-order valence-corrected chi connectivity index (χ2v) is 5.70. The number of esters is 1. The number of aldehydes is 1. The van der Waals surface area contributed by atoms with Gasteiger partial charge in [0.2, 0.25) is 0 Å². The molecule has 1 atom stereocenters. The lowest BCUT2D eigenvalue weighted by Crippen LogP contribution is -2.35. The van der Waals surface area contributed by atoms with E-state index in [0.717, 1.165) is 6.29 Å². The molecule has 0 fully saturated rings. The Kier molecular flexibility index (Phi) is 4.50. The fraction of sp³-hybridized carbons (Fsp3) is 0.833. The topological polar surface area (TPSA) is 43.4 Å². The summed E-state index contributed by atoms with van der Waals surface area (Å²) in [6, 6.07) is 0. The normalized spacial score (nSPS) is 14.5. The van der Waals surface area contributed by atoms with Crippen LogP contribution in [-0.2, 0) is 14.3 Å². The van der Waals surface area contributed by atoms with Crippen molar-refractivity contribution in [2.24, 2.45) is 11.3 Å². The molecule has 0 heterocycles. The van der Waals surface area contributed by atoms with E-state index in [-0.39, 0.29) is 11.9 Å². The van der Waals surface area contributed by atoms with Gasteiger partial charge in [0, 0.05) is 5.92 Å². The molecule has 0 amide bonds. The molecule has 0 aliphatic rings. The molecule has 3 nitrogen and oxygen atoms in total. The molecule has 0 bridgehead atoms. The average molecular weight is 214 g/mol. The van der Waals surface area contributed by atoms with Crippen molar-refractivity contribution in [1.82, 2.24) is 0 Å². The van der Waals surface area contributed by atoms with Gasteiger partial charge in [0.1, 0.15) is 11.9 Å². The summed E-state index contributed by atoms with van der Waals surface area (Å²) in [5.74, 6) is -0.365. The molecule has 0 saturated carbocycles. The SMILES string of the molecule is CC(C=O)CC(C)(C)C(=O)OC(C)(C)C. The van der Waals surface area contributed by atoms with Crippen LogP contribution in [0.1, 0.15) is 48.0 Å². The minimum atomic E-state index is -0.604. The molecule has 0 saturated heterocycles. The molecule has 0 N–H and O–H groups in total. The Morgan fingerprint density at radius 2 is 1.73 bits per heavy atom. The Bertz CT molecular complexity index is 236. The summed E-state index contributed by atoms with van der Waals surface area (Å²) < 4.78 is 5.29. The maximum Gasteiger partial charge on any atom is 0.312 e. The van der Waals surface area contributed by atoms with E-state index >= 15 is 0 Å². The third-order valence-electron chi connectivity index (χ3n) is 2.02. The van der Waals surface area contributed by atoms with Crippen LogP contribution in [0, 0.1) is 11.3 Å². The monoisotopic (exact) mass is 214 g/mol. The maximum atomic E-state index is 11.8. The van der Waals surface area contributed by atoms with Gasteiger partial charge >= 0.3 is 5.97 Å². The van der Waals surface area contributed by atoms with E-state index < -0.39 is 11.0 Å². The van der Waals surface area contributed by atoms with Crippen molar-refractivity contribution in [2.75, 3.05) is 0 Å². The number of hydrogen-bond acceptors (Lipinski definition) is 3. The first-order valence-electron chi connectivity index (χ1n) is 5.27. The molecule has 1 unspecified atom stereocenters. The molecule has 0 rings (SSSR count). The molecule has 0 aromatic rings. The van der Waals surface area contributed by atoms with Crippen LogP contribution in [0.15, 0.2) is 0 Å². The van der Waals surface area contributed by atoms with Gasteiger partial charge in [-0.3, -0.25) is 4.79 Å². The van der Waals surface area contributed by atoms with E-state index in [1.165, 1.54) is 0 Å². The van der Waals surface area contributed by atoms with Crippen LogP contribution >= 0.6 is 0 Å². The van der Waals surface area contributed by atoms with Crippen molar-refractivity contribution >= 4 is 12.3 Å². The zero-order valence-electron chi connectivity index (χ0n) is 10.6. The first-order valence-corrected chi connectivity index (χ1v) is 5.27. The third-order valence-corrected chi connectivity index (χ3v) is 2.02. The molecule has 0 aliphatic heterocycles.